The van der Waals surface area contributed by atoms with E-state index in [4.69, 9.17) is 22.1 Å². The molecule has 88 valence electrons. The van der Waals surface area contributed by atoms with Gasteiger partial charge in [-0.05, 0) is 18.6 Å². The highest BCUT2D eigenvalue weighted by Gasteiger charge is 2.18. The molecule has 0 spiro atoms. The smallest absolute Gasteiger partial charge is 0.254 e. The summed E-state index contributed by atoms with van der Waals surface area (Å²) in [4.78, 5) is 10.8. The molecule has 0 aliphatic rings. The molecular formula is C10H10ClF2NO2. The van der Waals surface area contributed by atoms with Crippen LogP contribution in [0.1, 0.15) is 16.8 Å². The Bertz CT molecular complexity index is 399. The molecule has 0 fully saturated rings. The minimum absolute atomic E-state index is 0.185. The van der Waals surface area contributed by atoms with E-state index in [0.29, 0.717) is 12.3 Å². The van der Waals surface area contributed by atoms with E-state index in [2.05, 4.69) is 0 Å². The Hall–Kier alpha value is -1.36. The van der Waals surface area contributed by atoms with Gasteiger partial charge in [-0.1, -0.05) is 0 Å². The first-order chi connectivity index (χ1) is 7.57. The quantitative estimate of drug-likeness (QED) is 0.642. The standard InChI is InChI=1S/C10H10ClF2NO2/c11-4-1-5-16-7-3-2-6(12)8(9(7)13)10(14)15/h2-3H,1,4-5H2,(H2,14,15). The Morgan fingerprint density at radius 2 is 2.12 bits per heavy atom. The van der Waals surface area contributed by atoms with Crippen LogP contribution in [0.3, 0.4) is 0 Å². The van der Waals surface area contributed by atoms with Crippen molar-refractivity contribution in [3.05, 3.63) is 29.3 Å². The van der Waals surface area contributed by atoms with Gasteiger partial charge in [0.05, 0.1) is 6.61 Å². The lowest BCUT2D eigenvalue weighted by atomic mass is 10.1. The van der Waals surface area contributed by atoms with Crippen molar-refractivity contribution in [3.8, 4) is 5.75 Å². The second-order valence-corrected chi connectivity index (χ2v) is 3.37. The van der Waals surface area contributed by atoms with Gasteiger partial charge in [0.1, 0.15) is 11.4 Å². The van der Waals surface area contributed by atoms with Crippen molar-refractivity contribution < 1.29 is 18.3 Å². The molecular weight excluding hydrogens is 240 g/mol. The van der Waals surface area contributed by atoms with Crippen LogP contribution in [0, 0.1) is 11.6 Å². The number of primary amides is 1. The Labute approximate surface area is 96.1 Å². The fourth-order valence-electron chi connectivity index (χ4n) is 1.11. The summed E-state index contributed by atoms with van der Waals surface area (Å²) >= 11 is 5.41. The summed E-state index contributed by atoms with van der Waals surface area (Å²) in [6.07, 6.45) is 0.518. The summed E-state index contributed by atoms with van der Waals surface area (Å²) in [6, 6.07) is 2.03. The average Bonchev–Trinajstić information content (AvgIpc) is 2.21. The number of hydrogen-bond acceptors (Lipinski definition) is 2. The number of alkyl halides is 1. The van der Waals surface area contributed by atoms with Crippen LogP contribution >= 0.6 is 11.6 Å². The van der Waals surface area contributed by atoms with Crippen molar-refractivity contribution in [2.45, 2.75) is 6.42 Å². The van der Waals surface area contributed by atoms with Crippen LogP contribution < -0.4 is 10.5 Å². The predicted molar refractivity (Wildman–Crippen MR) is 55.7 cm³/mol. The molecule has 0 heterocycles. The van der Waals surface area contributed by atoms with Crippen molar-refractivity contribution in [1.29, 1.82) is 0 Å². The Morgan fingerprint density at radius 3 is 2.69 bits per heavy atom. The molecule has 0 saturated heterocycles. The van der Waals surface area contributed by atoms with Crippen LogP contribution in [0.15, 0.2) is 12.1 Å². The summed E-state index contributed by atoms with van der Waals surface area (Å²) in [6.45, 7) is 0.185. The number of benzene rings is 1. The number of carbonyl (C=O) groups excluding carboxylic acids is 1. The maximum absolute atomic E-state index is 13.5. The molecule has 0 unspecified atom stereocenters. The molecule has 0 aliphatic heterocycles. The lowest BCUT2D eigenvalue weighted by Gasteiger charge is -2.08. The molecule has 0 atom stereocenters. The topological polar surface area (TPSA) is 52.3 Å². The van der Waals surface area contributed by atoms with Crippen molar-refractivity contribution in [2.75, 3.05) is 12.5 Å². The van der Waals surface area contributed by atoms with Gasteiger partial charge in [-0.15, -0.1) is 11.6 Å². The zero-order chi connectivity index (χ0) is 12.1. The van der Waals surface area contributed by atoms with Gasteiger partial charge in [0.25, 0.3) is 5.91 Å². The van der Waals surface area contributed by atoms with Crippen molar-refractivity contribution in [3.63, 3.8) is 0 Å². The molecule has 0 radical (unpaired) electrons. The third-order valence-electron chi connectivity index (χ3n) is 1.84. The van der Waals surface area contributed by atoms with Gasteiger partial charge in [-0.25, -0.2) is 8.78 Å². The van der Waals surface area contributed by atoms with E-state index in [-0.39, 0.29) is 12.4 Å². The SMILES string of the molecule is NC(=O)c1c(F)ccc(OCCCCl)c1F. The van der Waals surface area contributed by atoms with Crippen molar-refractivity contribution in [1.82, 2.24) is 0 Å². The number of carbonyl (C=O) groups is 1. The maximum atomic E-state index is 13.5. The van der Waals surface area contributed by atoms with E-state index in [9.17, 15) is 13.6 Å². The third kappa shape index (κ3) is 2.82. The van der Waals surface area contributed by atoms with E-state index in [1.807, 2.05) is 0 Å². The fourth-order valence-corrected chi connectivity index (χ4v) is 1.22. The van der Waals surface area contributed by atoms with Crippen LogP contribution in [-0.2, 0) is 0 Å². The predicted octanol–water partition coefficient (Wildman–Crippen LogP) is 2.07. The zero-order valence-electron chi connectivity index (χ0n) is 8.30. The molecule has 0 aromatic heterocycles. The second-order valence-electron chi connectivity index (χ2n) is 2.99. The number of halogens is 3. The molecule has 0 aliphatic carbocycles. The zero-order valence-corrected chi connectivity index (χ0v) is 9.06. The first-order valence-electron chi connectivity index (χ1n) is 4.54. The summed E-state index contributed by atoms with van der Waals surface area (Å²) in [5.41, 5.74) is 4.05. The highest BCUT2D eigenvalue weighted by molar-refractivity contribution is 6.17. The summed E-state index contributed by atoms with van der Waals surface area (Å²) in [7, 11) is 0. The molecule has 1 aromatic carbocycles. The second kappa shape index (κ2) is 5.65. The first kappa shape index (κ1) is 12.7. The molecule has 1 aromatic rings. The van der Waals surface area contributed by atoms with E-state index in [1.54, 1.807) is 0 Å². The van der Waals surface area contributed by atoms with E-state index < -0.39 is 23.1 Å². The molecule has 2 N–H and O–H groups in total. The van der Waals surface area contributed by atoms with Gasteiger partial charge in [0.2, 0.25) is 0 Å². The van der Waals surface area contributed by atoms with E-state index >= 15 is 0 Å². The minimum atomic E-state index is -1.17. The van der Waals surface area contributed by atoms with Crippen LogP contribution in [-0.4, -0.2) is 18.4 Å². The highest BCUT2D eigenvalue weighted by Crippen LogP contribution is 2.23. The van der Waals surface area contributed by atoms with Crippen LogP contribution in [0.4, 0.5) is 8.78 Å². The van der Waals surface area contributed by atoms with Crippen molar-refractivity contribution in [2.24, 2.45) is 5.73 Å². The van der Waals surface area contributed by atoms with Crippen LogP contribution in [0.5, 0.6) is 5.75 Å². The number of ether oxygens (including phenoxy) is 1. The van der Waals surface area contributed by atoms with Gasteiger partial charge in [0.15, 0.2) is 11.6 Å². The number of amides is 1. The lowest BCUT2D eigenvalue weighted by molar-refractivity contribution is 0.0991. The molecule has 0 bridgehead atoms. The van der Waals surface area contributed by atoms with Gasteiger partial charge in [-0.2, -0.15) is 0 Å². The Kier molecular flexibility index (Phi) is 4.49. The summed E-state index contributed by atoms with van der Waals surface area (Å²) in [5.74, 6) is -3.10. The van der Waals surface area contributed by atoms with Crippen molar-refractivity contribution >= 4 is 17.5 Å². The summed E-state index contributed by atoms with van der Waals surface area (Å²) in [5, 5.41) is 0. The summed E-state index contributed by atoms with van der Waals surface area (Å²) < 4.78 is 31.6. The number of hydrogen-bond donors (Lipinski definition) is 1. The van der Waals surface area contributed by atoms with E-state index in [0.717, 1.165) is 12.1 Å². The van der Waals surface area contributed by atoms with E-state index in [1.165, 1.54) is 0 Å². The third-order valence-corrected chi connectivity index (χ3v) is 2.10. The Balaban J connectivity index is 2.95. The normalized spacial score (nSPS) is 10.2. The average molecular weight is 250 g/mol. The molecule has 16 heavy (non-hydrogen) atoms. The lowest BCUT2D eigenvalue weighted by Crippen LogP contribution is -2.16. The largest absolute Gasteiger partial charge is 0.490 e. The fraction of sp³-hybridized carbons (Fsp3) is 0.300. The monoisotopic (exact) mass is 249 g/mol. The molecule has 6 heteroatoms. The molecule has 1 rings (SSSR count). The van der Waals surface area contributed by atoms with Gasteiger partial charge in [0, 0.05) is 5.88 Å². The number of rotatable bonds is 5. The molecule has 3 nitrogen and oxygen atoms in total. The molecule has 0 saturated carbocycles. The minimum Gasteiger partial charge on any atom is -0.490 e. The Morgan fingerprint density at radius 1 is 1.44 bits per heavy atom. The van der Waals surface area contributed by atoms with Gasteiger partial charge < -0.3 is 10.5 Å². The van der Waals surface area contributed by atoms with Gasteiger partial charge in [-0.3, -0.25) is 4.79 Å². The van der Waals surface area contributed by atoms with Crippen LogP contribution in [0.2, 0.25) is 0 Å². The highest BCUT2D eigenvalue weighted by atomic mass is 35.5. The maximum Gasteiger partial charge on any atom is 0.254 e. The first-order valence-corrected chi connectivity index (χ1v) is 5.08. The molecule has 1 amide bonds. The number of nitrogens with two attached hydrogens (primary N) is 1. The van der Waals surface area contributed by atoms with Gasteiger partial charge >= 0.3 is 0 Å². The van der Waals surface area contributed by atoms with Crippen LogP contribution in [0.25, 0.3) is 0 Å².